The number of aryl methyl sites for hydroxylation is 1. The maximum atomic E-state index is 12.5. The molecule has 0 radical (unpaired) electrons. The Morgan fingerprint density at radius 2 is 1.66 bits per heavy atom. The minimum absolute atomic E-state index is 0.136. The lowest BCUT2D eigenvalue weighted by atomic mass is 10.1. The summed E-state index contributed by atoms with van der Waals surface area (Å²) in [5.74, 6) is 0.237. The van der Waals surface area contributed by atoms with E-state index in [1.54, 1.807) is 31.4 Å². The smallest absolute Gasteiger partial charge is 0.252 e. The average Bonchev–Trinajstić information content (AvgIpc) is 2.63. The normalized spacial score (nSPS) is 12.1. The third kappa shape index (κ3) is 7.15. The van der Waals surface area contributed by atoms with Gasteiger partial charge in [-0.05, 0) is 75.3 Å². The number of alkyl halides is 3. The van der Waals surface area contributed by atoms with E-state index < -0.39 is 15.9 Å². The fourth-order valence-electron chi connectivity index (χ4n) is 2.19. The molecule has 1 atom stereocenters. The Bertz CT molecular complexity index is 885. The van der Waals surface area contributed by atoms with Crippen molar-refractivity contribution >= 4 is 95.6 Å². The summed E-state index contributed by atoms with van der Waals surface area (Å²) in [7, 11) is 1.57. The molecule has 156 valence electrons. The Hall–Kier alpha value is -0.770. The van der Waals surface area contributed by atoms with Gasteiger partial charge in [0.25, 0.3) is 5.91 Å². The highest BCUT2D eigenvalue weighted by atomic mass is 79.9. The van der Waals surface area contributed by atoms with E-state index in [-0.39, 0.29) is 5.11 Å². The first-order chi connectivity index (χ1) is 13.5. The van der Waals surface area contributed by atoms with Crippen molar-refractivity contribution in [1.82, 2.24) is 10.6 Å². The number of carbonyl (C=O) groups excluding carboxylic acids is 1. The summed E-state index contributed by atoms with van der Waals surface area (Å²) < 4.78 is 4.73. The lowest BCUT2D eigenvalue weighted by Gasteiger charge is -2.28. The molecular formula is C18H16Br2Cl3N3O2S. The van der Waals surface area contributed by atoms with Crippen molar-refractivity contribution in [3.8, 4) is 5.75 Å². The number of carbonyl (C=O) groups is 1. The quantitative estimate of drug-likeness (QED) is 0.224. The van der Waals surface area contributed by atoms with E-state index in [9.17, 15) is 4.79 Å². The number of benzene rings is 2. The highest BCUT2D eigenvalue weighted by Crippen LogP contribution is 2.35. The van der Waals surface area contributed by atoms with Crippen LogP contribution in [0, 0.1) is 6.92 Å². The summed E-state index contributed by atoms with van der Waals surface area (Å²) in [5.41, 5.74) is 2.09. The molecule has 29 heavy (non-hydrogen) atoms. The van der Waals surface area contributed by atoms with E-state index in [4.69, 9.17) is 51.8 Å². The van der Waals surface area contributed by atoms with Crippen LogP contribution in [0.1, 0.15) is 15.9 Å². The van der Waals surface area contributed by atoms with Crippen LogP contribution in [0.3, 0.4) is 0 Å². The van der Waals surface area contributed by atoms with Gasteiger partial charge in [0.15, 0.2) is 5.11 Å². The van der Waals surface area contributed by atoms with Gasteiger partial charge in [-0.1, -0.05) is 52.5 Å². The maximum Gasteiger partial charge on any atom is 0.252 e. The number of thiocarbonyl (C=S) groups is 1. The van der Waals surface area contributed by atoms with Crippen LogP contribution < -0.4 is 20.7 Å². The number of nitrogens with one attached hydrogen (secondary N) is 3. The lowest BCUT2D eigenvalue weighted by molar-refractivity contribution is 0.0934. The Morgan fingerprint density at radius 1 is 1.10 bits per heavy atom. The van der Waals surface area contributed by atoms with Crippen molar-refractivity contribution in [2.45, 2.75) is 16.9 Å². The van der Waals surface area contributed by atoms with Crippen LogP contribution in [0.25, 0.3) is 0 Å². The highest BCUT2D eigenvalue weighted by molar-refractivity contribution is 9.11. The largest absolute Gasteiger partial charge is 0.497 e. The van der Waals surface area contributed by atoms with Crippen molar-refractivity contribution in [2.75, 3.05) is 12.4 Å². The lowest BCUT2D eigenvalue weighted by Crippen LogP contribution is -2.56. The van der Waals surface area contributed by atoms with Gasteiger partial charge in [0, 0.05) is 14.5 Å². The Labute approximate surface area is 206 Å². The number of methoxy groups -OCH3 is 1. The summed E-state index contributed by atoms with van der Waals surface area (Å²) in [4.78, 5) is 12.5. The van der Waals surface area contributed by atoms with Crippen molar-refractivity contribution in [3.63, 3.8) is 0 Å². The summed E-state index contributed by atoms with van der Waals surface area (Å²) in [6.07, 6.45) is -1.09. The number of amides is 1. The van der Waals surface area contributed by atoms with Gasteiger partial charge in [0.1, 0.15) is 11.9 Å². The van der Waals surface area contributed by atoms with Gasteiger partial charge in [-0.25, -0.2) is 0 Å². The number of hydrogen-bond donors (Lipinski definition) is 3. The molecule has 2 rings (SSSR count). The molecule has 0 bridgehead atoms. The van der Waals surface area contributed by atoms with Crippen LogP contribution in [-0.2, 0) is 0 Å². The molecule has 11 heteroatoms. The summed E-state index contributed by atoms with van der Waals surface area (Å²) in [6, 6.07) is 10.5. The molecule has 0 aliphatic rings. The standard InChI is InChI=1S/C18H16Br2Cl3N3O2S/c1-9-3-5-10(6-4-9)15(27)25-16(18(21,22)23)26-17(29)24-14-12(19)7-11(28-2)8-13(14)20/h3-8,16H,1-2H3,(H,25,27)(H2,24,26,29). The predicted molar refractivity (Wildman–Crippen MR) is 130 cm³/mol. The molecule has 0 saturated heterocycles. The SMILES string of the molecule is COc1cc(Br)c(NC(=S)NC(NC(=O)c2ccc(C)cc2)C(Cl)(Cl)Cl)c(Br)c1. The van der Waals surface area contributed by atoms with E-state index in [0.29, 0.717) is 25.9 Å². The Morgan fingerprint density at radius 3 is 2.14 bits per heavy atom. The molecule has 2 aromatic rings. The number of rotatable bonds is 5. The molecule has 0 spiro atoms. The zero-order chi connectivity index (χ0) is 21.8. The zero-order valence-electron chi connectivity index (χ0n) is 15.2. The average molecular weight is 605 g/mol. The second-order valence-electron chi connectivity index (χ2n) is 5.88. The monoisotopic (exact) mass is 601 g/mol. The molecule has 0 fully saturated rings. The molecule has 0 saturated carbocycles. The van der Waals surface area contributed by atoms with Crippen LogP contribution >= 0.6 is 78.9 Å². The van der Waals surface area contributed by atoms with Crippen molar-refractivity contribution in [3.05, 3.63) is 56.5 Å². The van der Waals surface area contributed by atoms with E-state index in [2.05, 4.69) is 47.8 Å². The molecule has 1 amide bonds. The maximum absolute atomic E-state index is 12.5. The number of ether oxygens (including phenoxy) is 1. The van der Waals surface area contributed by atoms with Gasteiger partial charge in [0.05, 0.1) is 12.8 Å². The summed E-state index contributed by atoms with van der Waals surface area (Å²) in [6.45, 7) is 1.92. The third-order valence-electron chi connectivity index (χ3n) is 3.68. The zero-order valence-corrected chi connectivity index (χ0v) is 21.4. The fourth-order valence-corrected chi connectivity index (χ4v) is 4.08. The van der Waals surface area contributed by atoms with Gasteiger partial charge in [-0.15, -0.1) is 0 Å². The molecule has 5 nitrogen and oxygen atoms in total. The van der Waals surface area contributed by atoms with Crippen molar-refractivity contribution in [2.24, 2.45) is 0 Å². The number of anilines is 1. The molecule has 0 aliphatic carbocycles. The van der Waals surface area contributed by atoms with Crippen molar-refractivity contribution < 1.29 is 9.53 Å². The second kappa shape index (κ2) is 10.5. The van der Waals surface area contributed by atoms with Gasteiger partial charge < -0.3 is 20.7 Å². The fraction of sp³-hybridized carbons (Fsp3) is 0.222. The molecule has 0 aromatic heterocycles. The first-order valence-electron chi connectivity index (χ1n) is 8.06. The van der Waals surface area contributed by atoms with Crippen LogP contribution in [0.15, 0.2) is 45.3 Å². The Balaban J connectivity index is 2.13. The van der Waals surface area contributed by atoms with Crippen LogP contribution in [-0.4, -0.2) is 28.1 Å². The van der Waals surface area contributed by atoms with Crippen LogP contribution in [0.2, 0.25) is 0 Å². The Kier molecular flexibility index (Phi) is 8.87. The molecule has 0 aliphatic heterocycles. The van der Waals surface area contributed by atoms with E-state index >= 15 is 0 Å². The minimum Gasteiger partial charge on any atom is -0.497 e. The van der Waals surface area contributed by atoms with Crippen LogP contribution in [0.5, 0.6) is 5.75 Å². The molecular weight excluding hydrogens is 588 g/mol. The number of halogens is 5. The molecule has 0 heterocycles. The summed E-state index contributed by atoms with van der Waals surface area (Å²) in [5, 5.41) is 8.59. The number of hydrogen-bond acceptors (Lipinski definition) is 3. The minimum atomic E-state index is -1.86. The first kappa shape index (κ1) is 24.5. The molecule has 3 N–H and O–H groups in total. The van der Waals surface area contributed by atoms with Crippen LogP contribution in [0.4, 0.5) is 5.69 Å². The first-order valence-corrected chi connectivity index (χ1v) is 11.2. The van der Waals surface area contributed by atoms with E-state index in [0.717, 1.165) is 5.56 Å². The van der Waals surface area contributed by atoms with Crippen molar-refractivity contribution in [1.29, 1.82) is 0 Å². The summed E-state index contributed by atoms with van der Waals surface area (Å²) >= 11 is 30.3. The predicted octanol–water partition coefficient (Wildman–Crippen LogP) is 5.94. The molecule has 2 aromatic carbocycles. The van der Waals surface area contributed by atoms with E-state index in [1.165, 1.54) is 0 Å². The third-order valence-corrected chi connectivity index (χ3v) is 5.81. The highest BCUT2D eigenvalue weighted by Gasteiger charge is 2.35. The second-order valence-corrected chi connectivity index (χ2v) is 10.4. The van der Waals surface area contributed by atoms with Gasteiger partial charge >= 0.3 is 0 Å². The van der Waals surface area contributed by atoms with E-state index in [1.807, 2.05) is 19.1 Å². The van der Waals surface area contributed by atoms with Gasteiger partial charge in [-0.2, -0.15) is 0 Å². The van der Waals surface area contributed by atoms with Gasteiger partial charge in [-0.3, -0.25) is 4.79 Å². The molecule has 1 unspecified atom stereocenters. The topological polar surface area (TPSA) is 62.4 Å². The van der Waals surface area contributed by atoms with Gasteiger partial charge in [0.2, 0.25) is 3.79 Å².